The monoisotopic (exact) mass is 490 g/mol. The molecule has 1 amide bonds. The van der Waals surface area contributed by atoms with Crippen molar-refractivity contribution >= 4 is 5.91 Å². The van der Waals surface area contributed by atoms with Crippen LogP contribution in [-0.2, 0) is 15.9 Å². The SMILES string of the molecule is COC[C@]1(O)CCOC[C@H]1n1cnc(C(=O)N2CCNC[C@H]2Cc2ccccc2)c1-c1ccccc1. The summed E-state index contributed by atoms with van der Waals surface area (Å²) in [6, 6.07) is 19.6. The average molecular weight is 491 g/mol. The number of nitrogens with zero attached hydrogens (tertiary/aromatic N) is 3. The highest BCUT2D eigenvalue weighted by Gasteiger charge is 2.43. The molecule has 2 aromatic carbocycles. The van der Waals surface area contributed by atoms with Crippen LogP contribution in [0.4, 0.5) is 0 Å². The number of ether oxygens (including phenoxy) is 2. The maximum atomic E-state index is 14.1. The highest BCUT2D eigenvalue weighted by molar-refractivity contribution is 5.98. The topological polar surface area (TPSA) is 88.8 Å². The van der Waals surface area contributed by atoms with E-state index in [2.05, 4.69) is 22.4 Å². The predicted molar refractivity (Wildman–Crippen MR) is 137 cm³/mol. The van der Waals surface area contributed by atoms with E-state index >= 15 is 0 Å². The van der Waals surface area contributed by atoms with Gasteiger partial charge in [-0.25, -0.2) is 4.98 Å². The van der Waals surface area contributed by atoms with Gasteiger partial charge in [-0.05, 0) is 12.0 Å². The molecule has 190 valence electrons. The fraction of sp³-hybridized carbons (Fsp3) is 0.429. The molecule has 8 heteroatoms. The van der Waals surface area contributed by atoms with Gasteiger partial charge in [0.2, 0.25) is 0 Å². The maximum absolute atomic E-state index is 14.1. The molecule has 0 aliphatic carbocycles. The van der Waals surface area contributed by atoms with E-state index in [1.54, 1.807) is 13.4 Å². The number of nitrogens with one attached hydrogen (secondary N) is 1. The minimum Gasteiger partial charge on any atom is -0.385 e. The van der Waals surface area contributed by atoms with Gasteiger partial charge in [-0.3, -0.25) is 4.79 Å². The van der Waals surface area contributed by atoms with Crippen molar-refractivity contribution in [2.45, 2.75) is 30.5 Å². The molecule has 0 radical (unpaired) electrons. The van der Waals surface area contributed by atoms with Gasteiger partial charge in [-0.1, -0.05) is 60.7 Å². The van der Waals surface area contributed by atoms with Gasteiger partial charge >= 0.3 is 0 Å². The van der Waals surface area contributed by atoms with Crippen molar-refractivity contribution in [3.8, 4) is 11.3 Å². The van der Waals surface area contributed by atoms with Crippen LogP contribution < -0.4 is 5.32 Å². The van der Waals surface area contributed by atoms with Crippen LogP contribution in [0.5, 0.6) is 0 Å². The van der Waals surface area contributed by atoms with E-state index in [4.69, 9.17) is 9.47 Å². The van der Waals surface area contributed by atoms with Gasteiger partial charge in [0.1, 0.15) is 5.60 Å². The molecule has 0 spiro atoms. The number of benzene rings is 2. The Hall–Kier alpha value is -3.04. The number of hydrogen-bond acceptors (Lipinski definition) is 6. The molecule has 2 N–H and O–H groups in total. The van der Waals surface area contributed by atoms with Gasteiger partial charge in [-0.2, -0.15) is 0 Å². The van der Waals surface area contributed by atoms with Crippen molar-refractivity contribution in [3.05, 3.63) is 78.2 Å². The quantitative estimate of drug-likeness (QED) is 0.529. The Morgan fingerprint density at radius 3 is 2.69 bits per heavy atom. The summed E-state index contributed by atoms with van der Waals surface area (Å²) in [4.78, 5) is 20.7. The van der Waals surface area contributed by atoms with E-state index in [1.807, 2.05) is 58.0 Å². The number of piperazine rings is 1. The standard InChI is InChI=1S/C28H34N4O4/c1-35-19-28(34)12-15-36-18-24(28)32-20-30-25(26(32)22-10-6-3-7-11-22)27(33)31-14-13-29-17-23(31)16-21-8-4-2-5-9-21/h2-11,20,23-24,29,34H,12-19H2,1H3/t23-,24-,28-/m1/s1. The zero-order valence-corrected chi connectivity index (χ0v) is 20.7. The number of rotatable bonds is 7. The Kier molecular flexibility index (Phi) is 7.48. The lowest BCUT2D eigenvalue weighted by atomic mass is 9.89. The summed E-state index contributed by atoms with van der Waals surface area (Å²) in [7, 11) is 1.59. The fourth-order valence-electron chi connectivity index (χ4n) is 5.39. The number of amides is 1. The Bertz CT molecular complexity index is 1150. The second-order valence-corrected chi connectivity index (χ2v) is 9.64. The summed E-state index contributed by atoms with van der Waals surface area (Å²) >= 11 is 0. The number of aliphatic hydroxyl groups is 1. The minimum absolute atomic E-state index is 0.0193. The normalized spacial score (nSPS) is 24.6. The Labute approximate surface area is 211 Å². The number of aromatic nitrogens is 2. The number of imidazole rings is 1. The molecule has 2 fully saturated rings. The van der Waals surface area contributed by atoms with Crippen molar-refractivity contribution in [3.63, 3.8) is 0 Å². The fourth-order valence-corrected chi connectivity index (χ4v) is 5.39. The zero-order valence-electron chi connectivity index (χ0n) is 20.7. The van der Waals surface area contributed by atoms with Gasteiger partial charge in [-0.15, -0.1) is 0 Å². The highest BCUT2D eigenvalue weighted by Crippen LogP contribution is 2.36. The Morgan fingerprint density at radius 1 is 1.19 bits per heavy atom. The highest BCUT2D eigenvalue weighted by atomic mass is 16.5. The number of hydrogen-bond donors (Lipinski definition) is 2. The molecule has 1 aromatic heterocycles. The second-order valence-electron chi connectivity index (χ2n) is 9.64. The molecular formula is C28H34N4O4. The van der Waals surface area contributed by atoms with E-state index in [0.29, 0.717) is 37.6 Å². The number of carbonyl (C=O) groups excluding carboxylic acids is 1. The van der Waals surface area contributed by atoms with Crippen LogP contribution in [0, 0.1) is 0 Å². The molecule has 5 rings (SSSR count). The first kappa shape index (κ1) is 24.6. The van der Waals surface area contributed by atoms with Gasteiger partial charge in [0, 0.05) is 51.4 Å². The summed E-state index contributed by atoms with van der Waals surface area (Å²) in [5.41, 5.74) is 2.04. The van der Waals surface area contributed by atoms with Crippen LogP contribution in [0.3, 0.4) is 0 Å². The van der Waals surface area contributed by atoms with Crippen molar-refractivity contribution in [1.29, 1.82) is 0 Å². The van der Waals surface area contributed by atoms with Crippen LogP contribution in [-0.4, -0.2) is 83.7 Å². The van der Waals surface area contributed by atoms with E-state index in [9.17, 15) is 9.90 Å². The first-order chi connectivity index (χ1) is 17.6. The molecule has 2 aliphatic heterocycles. The predicted octanol–water partition coefficient (Wildman–Crippen LogP) is 2.55. The van der Waals surface area contributed by atoms with E-state index in [-0.39, 0.29) is 18.6 Å². The number of carbonyl (C=O) groups is 1. The van der Waals surface area contributed by atoms with Gasteiger partial charge in [0.15, 0.2) is 5.69 Å². The smallest absolute Gasteiger partial charge is 0.275 e. The first-order valence-electron chi connectivity index (χ1n) is 12.6. The summed E-state index contributed by atoms with van der Waals surface area (Å²) < 4.78 is 13.1. The van der Waals surface area contributed by atoms with Crippen LogP contribution in [0.15, 0.2) is 67.0 Å². The van der Waals surface area contributed by atoms with Crippen molar-refractivity contribution in [1.82, 2.24) is 19.8 Å². The maximum Gasteiger partial charge on any atom is 0.275 e. The van der Waals surface area contributed by atoms with Crippen LogP contribution >= 0.6 is 0 Å². The van der Waals surface area contributed by atoms with Gasteiger partial charge < -0.3 is 29.4 Å². The lowest BCUT2D eigenvalue weighted by Crippen LogP contribution is -2.54. The molecule has 0 unspecified atom stereocenters. The zero-order chi connectivity index (χ0) is 25.0. The van der Waals surface area contributed by atoms with E-state index in [1.165, 1.54) is 5.56 Å². The molecule has 3 aromatic rings. The third-order valence-corrected chi connectivity index (χ3v) is 7.27. The molecule has 8 nitrogen and oxygen atoms in total. The largest absolute Gasteiger partial charge is 0.385 e. The Balaban J connectivity index is 1.53. The van der Waals surface area contributed by atoms with Crippen molar-refractivity contribution < 1.29 is 19.4 Å². The minimum atomic E-state index is -1.12. The average Bonchev–Trinajstić information content (AvgIpc) is 3.35. The second kappa shape index (κ2) is 10.9. The van der Waals surface area contributed by atoms with Crippen molar-refractivity contribution in [2.75, 3.05) is 46.6 Å². The third kappa shape index (κ3) is 4.95. The summed E-state index contributed by atoms with van der Waals surface area (Å²) in [6.45, 7) is 3.02. The van der Waals surface area contributed by atoms with Crippen LogP contribution in [0.1, 0.15) is 28.5 Å². The third-order valence-electron chi connectivity index (χ3n) is 7.27. The lowest BCUT2D eigenvalue weighted by molar-refractivity contribution is -0.134. The van der Waals surface area contributed by atoms with Gasteiger partial charge in [0.25, 0.3) is 5.91 Å². The summed E-state index contributed by atoms with van der Waals surface area (Å²) in [6.07, 6.45) is 2.88. The molecule has 2 aliphatic rings. The first-order valence-corrected chi connectivity index (χ1v) is 12.6. The summed E-state index contributed by atoms with van der Waals surface area (Å²) in [5, 5.41) is 14.9. The molecule has 2 saturated heterocycles. The van der Waals surface area contributed by atoms with E-state index in [0.717, 1.165) is 25.1 Å². The molecule has 0 bridgehead atoms. The molecule has 3 heterocycles. The molecular weight excluding hydrogens is 456 g/mol. The Morgan fingerprint density at radius 2 is 1.94 bits per heavy atom. The molecule has 0 saturated carbocycles. The van der Waals surface area contributed by atoms with Gasteiger partial charge in [0.05, 0.1) is 31.3 Å². The molecule has 36 heavy (non-hydrogen) atoms. The van der Waals surface area contributed by atoms with Crippen molar-refractivity contribution in [2.24, 2.45) is 0 Å². The summed E-state index contributed by atoms with van der Waals surface area (Å²) in [5.74, 6) is -0.0953. The van der Waals surface area contributed by atoms with E-state index < -0.39 is 11.6 Å². The van der Waals surface area contributed by atoms with Crippen LogP contribution in [0.25, 0.3) is 11.3 Å². The molecule has 3 atom stereocenters. The van der Waals surface area contributed by atoms with Crippen LogP contribution in [0.2, 0.25) is 0 Å². The number of methoxy groups -OCH3 is 1. The lowest BCUT2D eigenvalue weighted by Gasteiger charge is -2.40.